The van der Waals surface area contributed by atoms with Gasteiger partial charge < -0.3 is 10.6 Å². The number of hydrogen-bond acceptors (Lipinski definition) is 4. The van der Waals surface area contributed by atoms with E-state index in [0.29, 0.717) is 19.0 Å². The van der Waals surface area contributed by atoms with Gasteiger partial charge in [0.15, 0.2) is 0 Å². The first-order valence-corrected chi connectivity index (χ1v) is 9.31. The maximum absolute atomic E-state index is 11.7. The van der Waals surface area contributed by atoms with Crippen molar-refractivity contribution < 1.29 is 8.42 Å². The fourth-order valence-corrected chi connectivity index (χ4v) is 3.90. The van der Waals surface area contributed by atoms with Crippen molar-refractivity contribution in [2.45, 2.75) is 19.8 Å². The zero-order valence-electron chi connectivity index (χ0n) is 12.8. The lowest BCUT2D eigenvalue weighted by atomic mass is 9.98. The second kappa shape index (κ2) is 6.66. The summed E-state index contributed by atoms with van der Waals surface area (Å²) in [5.41, 5.74) is 7.86. The van der Waals surface area contributed by atoms with Crippen molar-refractivity contribution in [2.24, 2.45) is 5.92 Å². The van der Waals surface area contributed by atoms with Gasteiger partial charge in [0.05, 0.1) is 17.6 Å². The van der Waals surface area contributed by atoms with Crippen molar-refractivity contribution in [1.82, 2.24) is 4.31 Å². The summed E-state index contributed by atoms with van der Waals surface area (Å²) in [7, 11) is -3.08. The summed E-state index contributed by atoms with van der Waals surface area (Å²) in [6, 6.07) is 7.84. The molecule has 1 unspecified atom stereocenters. The van der Waals surface area contributed by atoms with Crippen LogP contribution in [0.15, 0.2) is 24.3 Å². The number of hydrogen-bond donors (Lipinski definition) is 1. The van der Waals surface area contributed by atoms with Gasteiger partial charge in [-0.15, -0.1) is 0 Å². The quantitative estimate of drug-likeness (QED) is 0.842. The van der Waals surface area contributed by atoms with Crippen molar-refractivity contribution in [3.8, 4) is 0 Å². The summed E-state index contributed by atoms with van der Waals surface area (Å²) in [6.07, 6.45) is 3.29. The number of nitrogens with zero attached hydrogens (tertiary/aromatic N) is 2. The van der Waals surface area contributed by atoms with Crippen molar-refractivity contribution >= 4 is 21.4 Å². The van der Waals surface area contributed by atoms with Crippen LogP contribution >= 0.6 is 0 Å². The first kappa shape index (κ1) is 16.1. The molecule has 2 rings (SSSR count). The molecule has 0 spiro atoms. The molecule has 0 saturated carbocycles. The second-order valence-corrected chi connectivity index (χ2v) is 7.71. The standard InChI is InChI=1S/C15H25N3O2S/c1-3-17(15-9-5-4-8-14(15)16)11-13-7-6-10-18(12-13)21(2,19)20/h4-5,8-9,13H,3,6-7,10-12,16H2,1-2H3. The van der Waals surface area contributed by atoms with Crippen molar-refractivity contribution in [3.05, 3.63) is 24.3 Å². The average molecular weight is 311 g/mol. The van der Waals surface area contributed by atoms with Gasteiger partial charge in [0.25, 0.3) is 0 Å². The normalized spacial score (nSPS) is 20.4. The Morgan fingerprint density at radius 3 is 2.71 bits per heavy atom. The summed E-state index contributed by atoms with van der Waals surface area (Å²) < 4.78 is 25.0. The Hall–Kier alpha value is -1.27. The van der Waals surface area contributed by atoms with Gasteiger partial charge >= 0.3 is 0 Å². The van der Waals surface area contributed by atoms with E-state index in [0.717, 1.165) is 37.3 Å². The predicted octanol–water partition coefficient (Wildman–Crippen LogP) is 1.77. The fourth-order valence-electron chi connectivity index (χ4n) is 2.96. The molecule has 5 nitrogen and oxygen atoms in total. The zero-order valence-corrected chi connectivity index (χ0v) is 13.6. The number of sulfonamides is 1. The van der Waals surface area contributed by atoms with Crippen molar-refractivity contribution in [3.63, 3.8) is 0 Å². The Balaban J connectivity index is 2.07. The number of rotatable bonds is 5. The smallest absolute Gasteiger partial charge is 0.211 e. The first-order valence-electron chi connectivity index (χ1n) is 7.46. The van der Waals surface area contributed by atoms with Crippen molar-refractivity contribution in [1.29, 1.82) is 0 Å². The molecule has 1 aromatic carbocycles. The van der Waals surface area contributed by atoms with E-state index < -0.39 is 10.0 Å². The van der Waals surface area contributed by atoms with Crippen LogP contribution in [-0.4, -0.2) is 45.2 Å². The van der Waals surface area contributed by atoms with Crippen molar-refractivity contribution in [2.75, 3.05) is 43.1 Å². The van der Waals surface area contributed by atoms with E-state index in [1.165, 1.54) is 6.26 Å². The Morgan fingerprint density at radius 2 is 2.10 bits per heavy atom. The van der Waals surface area contributed by atoms with Gasteiger partial charge in [-0.25, -0.2) is 12.7 Å². The second-order valence-electron chi connectivity index (χ2n) is 5.73. The maximum atomic E-state index is 11.7. The molecule has 1 aliphatic rings. The molecule has 0 bridgehead atoms. The van der Waals surface area contributed by atoms with E-state index in [-0.39, 0.29) is 0 Å². The number of anilines is 2. The molecule has 1 saturated heterocycles. The highest BCUT2D eigenvalue weighted by atomic mass is 32.2. The summed E-state index contributed by atoms with van der Waals surface area (Å²) in [6.45, 7) is 5.07. The number of benzene rings is 1. The molecule has 0 aliphatic carbocycles. The van der Waals surface area contributed by atoms with Crippen LogP contribution in [0.4, 0.5) is 11.4 Å². The van der Waals surface area contributed by atoms with Gasteiger partial charge in [0, 0.05) is 26.2 Å². The molecule has 1 aliphatic heterocycles. The van der Waals surface area contributed by atoms with Crippen LogP contribution in [0.2, 0.25) is 0 Å². The van der Waals surface area contributed by atoms with Crippen LogP contribution in [0.25, 0.3) is 0 Å². The van der Waals surface area contributed by atoms with Gasteiger partial charge in [-0.2, -0.15) is 0 Å². The third-order valence-electron chi connectivity index (χ3n) is 4.09. The first-order chi connectivity index (χ1) is 9.91. The fraction of sp³-hybridized carbons (Fsp3) is 0.600. The predicted molar refractivity (Wildman–Crippen MR) is 87.9 cm³/mol. The molecule has 1 heterocycles. The summed E-state index contributed by atoms with van der Waals surface area (Å²) >= 11 is 0. The van der Waals surface area contributed by atoms with Gasteiger partial charge in [-0.1, -0.05) is 12.1 Å². The van der Waals surface area contributed by atoms with Crippen LogP contribution in [-0.2, 0) is 10.0 Å². The Labute approximate surface area is 127 Å². The third-order valence-corrected chi connectivity index (χ3v) is 5.36. The van der Waals surface area contributed by atoms with E-state index in [4.69, 9.17) is 5.73 Å². The Kier molecular flexibility index (Phi) is 5.11. The zero-order chi connectivity index (χ0) is 15.5. The average Bonchev–Trinajstić information content (AvgIpc) is 2.45. The Bertz CT molecular complexity index is 574. The highest BCUT2D eigenvalue weighted by Gasteiger charge is 2.27. The molecule has 1 atom stereocenters. The molecule has 0 amide bonds. The molecule has 118 valence electrons. The number of para-hydroxylation sites is 2. The maximum Gasteiger partial charge on any atom is 0.211 e. The van der Waals surface area contributed by atoms with Gasteiger partial charge in [-0.3, -0.25) is 0 Å². The lowest BCUT2D eigenvalue weighted by Crippen LogP contribution is -2.43. The molecule has 1 fully saturated rings. The Morgan fingerprint density at radius 1 is 1.38 bits per heavy atom. The molecule has 6 heteroatoms. The lowest BCUT2D eigenvalue weighted by molar-refractivity contribution is 0.270. The highest BCUT2D eigenvalue weighted by Crippen LogP contribution is 2.26. The number of piperidine rings is 1. The van der Waals surface area contributed by atoms with Crippen LogP contribution in [0, 0.1) is 5.92 Å². The van der Waals surface area contributed by atoms with E-state index in [9.17, 15) is 8.42 Å². The third kappa shape index (κ3) is 4.11. The largest absolute Gasteiger partial charge is 0.397 e. The highest BCUT2D eigenvalue weighted by molar-refractivity contribution is 7.88. The monoisotopic (exact) mass is 311 g/mol. The molecule has 0 radical (unpaired) electrons. The number of nitrogen functional groups attached to an aromatic ring is 1. The van der Waals surface area contributed by atoms with Gasteiger partial charge in [-0.05, 0) is 37.8 Å². The molecular weight excluding hydrogens is 286 g/mol. The summed E-state index contributed by atoms with van der Waals surface area (Å²) in [4.78, 5) is 2.24. The number of nitrogens with two attached hydrogens (primary N) is 1. The van der Waals surface area contributed by atoms with Crippen LogP contribution in [0.5, 0.6) is 0 Å². The van der Waals surface area contributed by atoms with Crippen LogP contribution in [0.1, 0.15) is 19.8 Å². The van der Waals surface area contributed by atoms with Gasteiger partial charge in [0.1, 0.15) is 0 Å². The van der Waals surface area contributed by atoms with Gasteiger partial charge in [0.2, 0.25) is 10.0 Å². The molecule has 1 aromatic rings. The summed E-state index contributed by atoms with van der Waals surface area (Å²) in [5.74, 6) is 0.355. The minimum absolute atomic E-state index is 0.355. The topological polar surface area (TPSA) is 66.6 Å². The summed E-state index contributed by atoms with van der Waals surface area (Å²) in [5, 5.41) is 0. The van der Waals surface area contributed by atoms with E-state index in [1.807, 2.05) is 24.3 Å². The van der Waals surface area contributed by atoms with E-state index >= 15 is 0 Å². The molecular formula is C15H25N3O2S. The molecule has 21 heavy (non-hydrogen) atoms. The van der Waals surface area contributed by atoms with E-state index in [2.05, 4.69) is 11.8 Å². The van der Waals surface area contributed by atoms with Crippen LogP contribution in [0.3, 0.4) is 0 Å². The van der Waals surface area contributed by atoms with E-state index in [1.54, 1.807) is 4.31 Å². The minimum atomic E-state index is -3.08. The van der Waals surface area contributed by atoms with Crippen LogP contribution < -0.4 is 10.6 Å². The minimum Gasteiger partial charge on any atom is -0.397 e. The molecule has 0 aromatic heterocycles. The molecule has 2 N–H and O–H groups in total. The lowest BCUT2D eigenvalue weighted by Gasteiger charge is -2.35. The SMILES string of the molecule is CCN(CC1CCCN(S(C)(=O)=O)C1)c1ccccc1N.